The Morgan fingerprint density at radius 3 is 0.881 bits per heavy atom. The molecule has 0 amide bonds. The van der Waals surface area contributed by atoms with Crippen LogP contribution in [0, 0.1) is 40.5 Å². The molecule has 135 heavy (non-hydrogen) atoms. The highest BCUT2D eigenvalue weighted by Crippen LogP contribution is 2.44. The van der Waals surface area contributed by atoms with Gasteiger partial charge < -0.3 is 92.2 Å². The molecule has 39 heteroatoms. The Morgan fingerprint density at radius 2 is 0.600 bits per heavy atom. The number of nitrogens with two attached hydrogens (primary N) is 7. The molecule has 16 rings (SSSR count). The molecule has 722 valence electrons. The third-order valence-corrected chi connectivity index (χ3v) is 28.2. The van der Waals surface area contributed by atoms with Gasteiger partial charge in [0.25, 0.3) is 0 Å². The van der Waals surface area contributed by atoms with E-state index in [-0.39, 0.29) is 76.5 Å². The number of anilines is 7. The van der Waals surface area contributed by atoms with Crippen LogP contribution in [0.3, 0.4) is 0 Å². The number of benzene rings is 4. The molecule has 0 spiro atoms. The van der Waals surface area contributed by atoms with Crippen molar-refractivity contribution < 1.29 is 52.1 Å². The molecule has 4 atom stereocenters. The third-order valence-electron chi connectivity index (χ3n) is 23.1. The van der Waals surface area contributed by atoms with Gasteiger partial charge in [-0.2, -0.15) is 29.9 Å². The molecule has 0 aliphatic carbocycles. The number of ether oxygens (including phenoxy) is 11. The van der Waals surface area contributed by atoms with Crippen LogP contribution >= 0.6 is 57.1 Å². The van der Waals surface area contributed by atoms with Crippen LogP contribution in [0.5, 0.6) is 64.0 Å². The molecule has 4 aliphatic rings. The molecule has 12 aromatic rings. The lowest BCUT2D eigenvalue weighted by Crippen LogP contribution is -2.39. The van der Waals surface area contributed by atoms with E-state index in [4.69, 9.17) is 112 Å². The van der Waals surface area contributed by atoms with Crippen LogP contribution in [0.15, 0.2) is 102 Å². The summed E-state index contributed by atoms with van der Waals surface area (Å²) in [6, 6.07) is 30.4. The molecule has 4 fully saturated rings. The molecule has 0 radical (unpaired) electrons. The zero-order valence-corrected chi connectivity index (χ0v) is 83.6. The normalized spacial score (nSPS) is 15.2. The summed E-state index contributed by atoms with van der Waals surface area (Å²) in [6.45, 7) is 35.6. The molecule has 14 N–H and O–H groups in total. The predicted molar refractivity (Wildman–Crippen MR) is 539 cm³/mol. The summed E-state index contributed by atoms with van der Waals surface area (Å²) in [6.07, 6.45) is 10.4. The van der Waals surface area contributed by atoms with Crippen LogP contribution < -0.4 is 92.2 Å². The second-order valence-corrected chi connectivity index (χ2v) is 39.6. The number of methoxy groups -OCH3 is 4. The van der Waals surface area contributed by atoms with Gasteiger partial charge >= 0.3 is 18.0 Å². The lowest BCUT2D eigenvalue weighted by atomic mass is 9.99. The highest BCUT2D eigenvalue weighted by atomic mass is 32.2. The molecule has 4 aliphatic heterocycles. The number of nitrogen functional groups attached to an aromatic ring is 7. The van der Waals surface area contributed by atoms with Crippen molar-refractivity contribution in [2.24, 2.45) is 5.92 Å². The maximum atomic E-state index is 6.15. The second kappa shape index (κ2) is 48.7. The number of hydrogen-bond acceptors (Lipinski definition) is 39. The van der Waals surface area contributed by atoms with Crippen molar-refractivity contribution >= 4 is 97.8 Å². The number of hydrogen-bond donors (Lipinski definition) is 7. The first-order valence-corrected chi connectivity index (χ1v) is 49.8. The van der Waals surface area contributed by atoms with E-state index in [2.05, 4.69) is 80.2 Å². The van der Waals surface area contributed by atoms with Gasteiger partial charge in [0.15, 0.2) is 51.2 Å². The highest BCUT2D eigenvalue weighted by molar-refractivity contribution is 7.99. The second-order valence-electron chi connectivity index (χ2n) is 33.5. The zero-order valence-electron chi connectivity index (χ0n) is 79.5. The van der Waals surface area contributed by atoms with Crippen molar-refractivity contribution in [3.8, 4) is 106 Å². The Kier molecular flexibility index (Phi) is 36.3. The summed E-state index contributed by atoms with van der Waals surface area (Å²) >= 11 is 8.04. The van der Waals surface area contributed by atoms with Crippen LogP contribution in [-0.2, 0) is 0 Å². The van der Waals surface area contributed by atoms with Crippen LogP contribution in [0.25, 0.3) is 42.3 Å². The molecule has 34 nitrogen and oxygen atoms in total. The van der Waals surface area contributed by atoms with E-state index < -0.39 is 0 Å². The van der Waals surface area contributed by atoms with Gasteiger partial charge in [-0.25, -0.2) is 29.9 Å². The standard InChI is InChI=1S/C25H34N6O3S.2C24H32N6O3S.C23H29N5O2S2/c1-15-7-9-31(10-8-15)11-12-33-20-13-18(5-6-19(20)32-4)24-30-23(17(3)35-24)16(2)34-25-28-21(26)14-22(27)29-25;2*1-15(33-24-27-20(25)14-21(26)28-24)22-16(2)34-23(29-22)17-7-8-18(31-3)19(13-17)32-12-11-30-9-5-4-6-10-30;1-14-12-20(24)26-23(25-14)32-16(3)21-15(2)31-22(27-21)17-6-7-18(29-4)19(13-17)30-11-10-28-8-5-9-28/h5-6,13-16H,7-12H2,1-4H3,(H4,26,27,28,29);2*7-8,13-15H,4-6,9-12H2,1-3H3,(H4,25,26,27,28);6-7,12-13,16H,5,8-11H2,1-4H3,(H2,24,25,26)/t16-;2*15-;16-/m1110/s1. The summed E-state index contributed by atoms with van der Waals surface area (Å²) < 4.78 is 64.2. The lowest BCUT2D eigenvalue weighted by molar-refractivity contribution is 0.145. The molecule has 0 saturated carbocycles. The topological polar surface area (TPSA) is 451 Å². The molecule has 12 heterocycles. The average molecular weight is 1940 g/mol. The number of likely N-dealkylation sites (tertiary alicyclic amines) is 4. The van der Waals surface area contributed by atoms with Crippen molar-refractivity contribution in [2.75, 3.05) is 174 Å². The van der Waals surface area contributed by atoms with E-state index in [1.807, 2.05) is 121 Å². The SMILES string of the molecule is COc1ccc(-c2nc([C@@H](C)Oc3nc(N)cc(N)n3)c(C)s2)cc1OCCN1CCC(C)CC1.COc1ccc(-c2nc([C@@H](C)Oc3nc(N)cc(N)n3)c(C)s2)cc1OCCN1CCCCC1.COc1ccc(-c2nc([C@@H](C)Oc3nc(N)cc(N)n3)c(C)s2)cc1OCCN1CCCCC1.COc1ccc(-c2nc([C@H](C)Sc3nc(C)cc(N)n3)c(C)s2)cc1OCCN1CCC1. The fourth-order valence-electron chi connectivity index (χ4n) is 15.7. The molecule has 4 saturated heterocycles. The fraction of sp³-hybridized carbons (Fsp3) is 0.458. The number of thiazole rings is 4. The maximum Gasteiger partial charge on any atom is 0.320 e. The Labute approximate surface area is 810 Å². The monoisotopic (exact) mass is 1940 g/mol. The fourth-order valence-corrected chi connectivity index (χ4v) is 20.8. The van der Waals surface area contributed by atoms with Crippen LogP contribution in [-0.4, -0.2) is 213 Å². The number of thioether (sulfide) groups is 1. The van der Waals surface area contributed by atoms with Crippen molar-refractivity contribution in [1.29, 1.82) is 0 Å². The Hall–Kier alpha value is -11.7. The average Bonchev–Trinajstić information content (AvgIpc) is 1.67. The largest absolute Gasteiger partial charge is 0.493 e. The molecular formula is C96H127N23O11S5. The van der Waals surface area contributed by atoms with Crippen LogP contribution in [0.1, 0.15) is 164 Å². The summed E-state index contributed by atoms with van der Waals surface area (Å²) in [4.78, 5) is 67.0. The first-order valence-electron chi connectivity index (χ1n) is 45.6. The first-order chi connectivity index (χ1) is 65.1. The Balaban J connectivity index is 0.000000153. The number of rotatable bonds is 36. The molecule has 0 bridgehead atoms. The van der Waals surface area contributed by atoms with Crippen molar-refractivity contribution in [3.05, 3.63) is 145 Å². The van der Waals surface area contributed by atoms with Crippen molar-refractivity contribution in [2.45, 2.75) is 156 Å². The van der Waals surface area contributed by atoms with Gasteiger partial charge in [0, 0.05) is 97.9 Å². The van der Waals surface area contributed by atoms with E-state index in [0.717, 1.165) is 199 Å². The van der Waals surface area contributed by atoms with Gasteiger partial charge in [0.1, 0.15) is 105 Å². The third kappa shape index (κ3) is 28.7. The minimum absolute atomic E-state index is 0.103. The van der Waals surface area contributed by atoms with E-state index in [0.29, 0.717) is 54.7 Å². The van der Waals surface area contributed by atoms with Crippen LogP contribution in [0.4, 0.5) is 40.7 Å². The van der Waals surface area contributed by atoms with Gasteiger partial charge in [0.2, 0.25) is 0 Å². The van der Waals surface area contributed by atoms with E-state index >= 15 is 0 Å². The Bertz CT molecular complexity index is 5610. The van der Waals surface area contributed by atoms with Gasteiger partial charge in [-0.15, -0.1) is 45.3 Å². The molecule has 4 aromatic carbocycles. The van der Waals surface area contributed by atoms with Gasteiger partial charge in [-0.05, 0) is 238 Å². The van der Waals surface area contributed by atoms with E-state index in [1.165, 1.54) is 80.9 Å². The number of nitrogens with zero attached hydrogens (tertiary/aromatic N) is 16. The van der Waals surface area contributed by atoms with Crippen molar-refractivity contribution in [1.82, 2.24) is 79.4 Å². The van der Waals surface area contributed by atoms with E-state index in [9.17, 15) is 0 Å². The quantitative estimate of drug-likeness (QED) is 0.0142. The highest BCUT2D eigenvalue weighted by Gasteiger charge is 2.28. The first kappa shape index (κ1) is 101. The maximum absolute atomic E-state index is 6.15. The van der Waals surface area contributed by atoms with Crippen molar-refractivity contribution in [3.63, 3.8) is 0 Å². The summed E-state index contributed by atoms with van der Waals surface area (Å²) in [5.41, 5.74) is 48.6. The number of aromatic nitrogens is 12. The summed E-state index contributed by atoms with van der Waals surface area (Å²) in [5.74, 6) is 8.66. The summed E-state index contributed by atoms with van der Waals surface area (Å²) in [5, 5.41) is 4.36. The van der Waals surface area contributed by atoms with E-state index in [1.54, 1.807) is 91.6 Å². The van der Waals surface area contributed by atoms with Gasteiger partial charge in [-0.3, -0.25) is 19.6 Å². The molecule has 0 unspecified atom stereocenters. The minimum atomic E-state index is -0.373. The minimum Gasteiger partial charge on any atom is -0.493 e. The van der Waals surface area contributed by atoms with Gasteiger partial charge in [-0.1, -0.05) is 31.5 Å². The van der Waals surface area contributed by atoms with Crippen LogP contribution in [0.2, 0.25) is 0 Å². The smallest absolute Gasteiger partial charge is 0.320 e. The zero-order chi connectivity index (χ0) is 95.8. The number of piperidine rings is 3. The molecular weight excluding hydrogens is 1810 g/mol. The summed E-state index contributed by atoms with van der Waals surface area (Å²) in [7, 11) is 6.64. The molecule has 8 aromatic heterocycles. The predicted octanol–water partition coefficient (Wildman–Crippen LogP) is 17.3. The lowest BCUT2D eigenvalue weighted by Gasteiger charge is -2.30. The Morgan fingerprint density at radius 1 is 0.326 bits per heavy atom. The number of aryl methyl sites for hydroxylation is 5. The van der Waals surface area contributed by atoms with Gasteiger partial charge in [0.05, 0.1) is 56.5 Å².